The molecule has 1 aliphatic rings. The smallest absolute Gasteiger partial charge is 0.334 e. The molecule has 0 aliphatic carbocycles. The summed E-state index contributed by atoms with van der Waals surface area (Å²) in [6.45, 7) is 0. The minimum absolute atomic E-state index is 0.183. The number of halogens is 1. The maximum absolute atomic E-state index is 12.3. The normalized spacial score (nSPS) is 13.9. The van der Waals surface area contributed by atoms with Crippen molar-refractivity contribution in [3.63, 3.8) is 0 Å². The SMILES string of the molecule is O=C(Nc1ccc(Cl)cc1)/C(=C1\Nc2ccc([N+](=O)[O-])cc2N1)[N+](=O)[O-]. The molecule has 132 valence electrons. The van der Waals surface area contributed by atoms with Crippen LogP contribution in [-0.4, -0.2) is 15.8 Å². The second-order valence-electron chi connectivity index (χ2n) is 5.18. The van der Waals surface area contributed by atoms with Gasteiger partial charge in [0.25, 0.3) is 5.69 Å². The summed E-state index contributed by atoms with van der Waals surface area (Å²) >= 11 is 5.75. The monoisotopic (exact) mass is 375 g/mol. The van der Waals surface area contributed by atoms with Crippen LogP contribution in [0.4, 0.5) is 22.7 Å². The number of anilines is 3. The van der Waals surface area contributed by atoms with Crippen LogP contribution in [0.5, 0.6) is 0 Å². The summed E-state index contributed by atoms with van der Waals surface area (Å²) in [6, 6.07) is 9.89. The number of non-ortho nitro benzene ring substituents is 1. The minimum atomic E-state index is -0.963. The number of hydrogen-bond acceptors (Lipinski definition) is 7. The van der Waals surface area contributed by atoms with Gasteiger partial charge in [-0.2, -0.15) is 0 Å². The molecule has 0 spiro atoms. The number of rotatable bonds is 4. The van der Waals surface area contributed by atoms with Crippen molar-refractivity contribution in [2.24, 2.45) is 0 Å². The van der Waals surface area contributed by atoms with Gasteiger partial charge < -0.3 is 16.0 Å². The fraction of sp³-hybridized carbons (Fsp3) is 0. The van der Waals surface area contributed by atoms with Crippen LogP contribution in [0, 0.1) is 20.2 Å². The van der Waals surface area contributed by atoms with Crippen LogP contribution >= 0.6 is 11.6 Å². The van der Waals surface area contributed by atoms with Gasteiger partial charge in [-0.3, -0.25) is 25.0 Å². The molecule has 0 saturated heterocycles. The molecule has 1 heterocycles. The van der Waals surface area contributed by atoms with Crippen molar-refractivity contribution in [2.45, 2.75) is 0 Å². The zero-order valence-corrected chi connectivity index (χ0v) is 13.6. The van der Waals surface area contributed by atoms with Gasteiger partial charge in [0.1, 0.15) is 0 Å². The molecule has 0 fully saturated rings. The van der Waals surface area contributed by atoms with Gasteiger partial charge in [-0.25, -0.2) is 0 Å². The zero-order valence-electron chi connectivity index (χ0n) is 12.9. The first-order valence-electron chi connectivity index (χ1n) is 7.13. The Bertz CT molecular complexity index is 957. The Morgan fingerprint density at radius 1 is 1.00 bits per heavy atom. The number of nitro groups is 2. The van der Waals surface area contributed by atoms with E-state index in [0.29, 0.717) is 16.4 Å². The lowest BCUT2D eigenvalue weighted by Crippen LogP contribution is -2.24. The zero-order chi connectivity index (χ0) is 18.8. The number of amides is 1. The van der Waals surface area contributed by atoms with Crippen molar-refractivity contribution >= 4 is 40.3 Å². The van der Waals surface area contributed by atoms with Crippen LogP contribution in [0.3, 0.4) is 0 Å². The van der Waals surface area contributed by atoms with Gasteiger partial charge in [-0.15, -0.1) is 0 Å². The van der Waals surface area contributed by atoms with Crippen LogP contribution in [-0.2, 0) is 4.79 Å². The van der Waals surface area contributed by atoms with Crippen molar-refractivity contribution in [1.29, 1.82) is 0 Å². The highest BCUT2D eigenvalue weighted by Gasteiger charge is 2.32. The Kier molecular flexibility index (Phi) is 4.42. The predicted octanol–water partition coefficient (Wildman–Crippen LogP) is 3.17. The second kappa shape index (κ2) is 6.69. The number of fused-ring (bicyclic) bond motifs is 1. The molecule has 0 aromatic heterocycles. The van der Waals surface area contributed by atoms with Crippen LogP contribution in [0.15, 0.2) is 54.0 Å². The largest absolute Gasteiger partial charge is 0.373 e. The second-order valence-corrected chi connectivity index (χ2v) is 5.62. The molecule has 3 rings (SSSR count). The average molecular weight is 376 g/mol. The van der Waals surface area contributed by atoms with Crippen LogP contribution < -0.4 is 16.0 Å². The van der Waals surface area contributed by atoms with E-state index in [1.807, 2.05) is 0 Å². The molecular formula is C15H10ClN5O5. The third-order valence-corrected chi connectivity index (χ3v) is 3.72. The number of benzene rings is 2. The highest BCUT2D eigenvalue weighted by Crippen LogP contribution is 2.34. The topological polar surface area (TPSA) is 139 Å². The van der Waals surface area contributed by atoms with Crippen molar-refractivity contribution < 1.29 is 14.6 Å². The summed E-state index contributed by atoms with van der Waals surface area (Å²) in [6.07, 6.45) is 0. The first-order valence-corrected chi connectivity index (χ1v) is 7.51. The molecule has 0 unspecified atom stereocenters. The standard InChI is InChI=1S/C15H10ClN5O5/c16-8-1-3-9(4-2-8)17-15(22)13(21(25)26)14-18-11-6-5-10(20(23)24)7-12(11)19-14/h1-7,18-19H,(H,17,22)/b14-13-. The van der Waals surface area contributed by atoms with Gasteiger partial charge in [0.05, 0.1) is 21.2 Å². The Balaban J connectivity index is 1.89. The highest BCUT2D eigenvalue weighted by atomic mass is 35.5. The van der Waals surface area contributed by atoms with E-state index in [1.165, 1.54) is 42.5 Å². The minimum Gasteiger partial charge on any atom is -0.334 e. The van der Waals surface area contributed by atoms with E-state index in [0.717, 1.165) is 0 Å². The number of nitrogens with one attached hydrogen (secondary N) is 3. The molecule has 2 aromatic rings. The fourth-order valence-electron chi connectivity index (χ4n) is 2.29. The maximum Gasteiger partial charge on any atom is 0.373 e. The van der Waals surface area contributed by atoms with Crippen molar-refractivity contribution in [2.75, 3.05) is 16.0 Å². The molecule has 1 amide bonds. The summed E-state index contributed by atoms with van der Waals surface area (Å²) < 4.78 is 0. The predicted molar refractivity (Wildman–Crippen MR) is 94.4 cm³/mol. The average Bonchev–Trinajstić information content (AvgIpc) is 2.98. The van der Waals surface area contributed by atoms with Gasteiger partial charge >= 0.3 is 11.6 Å². The number of hydrogen-bond donors (Lipinski definition) is 3. The molecule has 0 atom stereocenters. The number of carbonyl (C=O) groups is 1. The molecule has 0 radical (unpaired) electrons. The molecule has 10 nitrogen and oxygen atoms in total. The fourth-order valence-corrected chi connectivity index (χ4v) is 2.41. The van der Waals surface area contributed by atoms with Crippen LogP contribution in [0.25, 0.3) is 0 Å². The highest BCUT2D eigenvalue weighted by molar-refractivity contribution is 6.30. The van der Waals surface area contributed by atoms with E-state index in [4.69, 9.17) is 11.6 Å². The van der Waals surface area contributed by atoms with Gasteiger partial charge in [-0.05, 0) is 30.3 Å². The first-order chi connectivity index (χ1) is 12.3. The van der Waals surface area contributed by atoms with Crippen LogP contribution in [0.2, 0.25) is 5.02 Å². The van der Waals surface area contributed by atoms with Gasteiger partial charge in [0, 0.05) is 22.8 Å². The van der Waals surface area contributed by atoms with Gasteiger partial charge in [-0.1, -0.05) is 11.6 Å². The van der Waals surface area contributed by atoms with Gasteiger partial charge in [0.2, 0.25) is 0 Å². The quantitative estimate of drug-likeness (QED) is 0.423. The van der Waals surface area contributed by atoms with E-state index < -0.39 is 21.5 Å². The summed E-state index contributed by atoms with van der Waals surface area (Å²) in [4.78, 5) is 33.1. The molecule has 26 heavy (non-hydrogen) atoms. The van der Waals surface area contributed by atoms with Gasteiger partial charge in [0.15, 0.2) is 5.82 Å². The third-order valence-electron chi connectivity index (χ3n) is 3.47. The maximum atomic E-state index is 12.3. The number of nitro benzene ring substituents is 1. The molecule has 1 aliphatic heterocycles. The van der Waals surface area contributed by atoms with Crippen molar-refractivity contribution in [3.8, 4) is 0 Å². The molecule has 11 heteroatoms. The van der Waals surface area contributed by atoms with E-state index in [9.17, 15) is 25.0 Å². The summed E-state index contributed by atoms with van der Waals surface area (Å²) in [7, 11) is 0. The first kappa shape index (κ1) is 17.2. The van der Waals surface area contributed by atoms with Crippen molar-refractivity contribution in [3.05, 3.63) is 79.2 Å². The lowest BCUT2D eigenvalue weighted by atomic mass is 10.2. The molecule has 3 N–H and O–H groups in total. The number of nitrogens with zero attached hydrogens (tertiary/aromatic N) is 2. The number of carbonyl (C=O) groups excluding carboxylic acids is 1. The van der Waals surface area contributed by atoms with E-state index in [1.54, 1.807) is 0 Å². The third kappa shape index (κ3) is 3.39. The van der Waals surface area contributed by atoms with E-state index >= 15 is 0 Å². The lowest BCUT2D eigenvalue weighted by molar-refractivity contribution is -0.419. The molecular weight excluding hydrogens is 366 g/mol. The van der Waals surface area contributed by atoms with Crippen molar-refractivity contribution in [1.82, 2.24) is 0 Å². The molecule has 0 saturated carbocycles. The molecule has 0 bridgehead atoms. The van der Waals surface area contributed by atoms with Crippen LogP contribution in [0.1, 0.15) is 0 Å². The van der Waals surface area contributed by atoms with E-state index in [2.05, 4.69) is 16.0 Å². The Labute approximate surface area is 150 Å². The Hall–Kier alpha value is -3.66. The lowest BCUT2D eigenvalue weighted by Gasteiger charge is -2.06. The summed E-state index contributed by atoms with van der Waals surface area (Å²) in [5.74, 6) is -1.15. The van der Waals surface area contributed by atoms with E-state index in [-0.39, 0.29) is 17.2 Å². The Morgan fingerprint density at radius 2 is 1.65 bits per heavy atom. The summed E-state index contributed by atoms with van der Waals surface area (Å²) in [5.41, 5.74) is 0.00829. The Morgan fingerprint density at radius 3 is 2.27 bits per heavy atom. The summed E-state index contributed by atoms with van der Waals surface area (Å²) in [5, 5.41) is 30.4. The molecule has 2 aromatic carbocycles.